The zero-order valence-electron chi connectivity index (χ0n) is 25.5. The molecule has 0 spiro atoms. The largest absolute Gasteiger partial charge is 0.487 e. The standard InChI is InChI=1S/C35H56NO3/c1-5-6-7-8-9-10-11-12-13-14-18-24-33-25-19-20-26-34(33)39-31(2)30-38-35(37)27-21-28-36(3,4)29-32-22-16-15-17-23-32/h15-17,19-20,22-23,25-26,31H,5-14,18,21,24,27-30H2,1-4H3/q+1. The van der Waals surface area contributed by atoms with Crippen LogP contribution in [0.1, 0.15) is 108 Å². The van der Waals surface area contributed by atoms with Crippen molar-refractivity contribution >= 4 is 5.97 Å². The Balaban J connectivity index is 1.59. The van der Waals surface area contributed by atoms with E-state index in [9.17, 15) is 4.79 Å². The Morgan fingerprint density at radius 3 is 2.03 bits per heavy atom. The number of carbonyl (C=O) groups is 1. The second kappa shape index (κ2) is 19.7. The van der Waals surface area contributed by atoms with E-state index in [1.165, 1.54) is 81.8 Å². The van der Waals surface area contributed by atoms with Crippen molar-refractivity contribution in [1.82, 2.24) is 0 Å². The molecule has 0 bridgehead atoms. The maximum Gasteiger partial charge on any atom is 0.306 e. The van der Waals surface area contributed by atoms with Crippen molar-refractivity contribution in [3.05, 3.63) is 65.7 Å². The minimum atomic E-state index is -0.169. The highest BCUT2D eigenvalue weighted by Crippen LogP contribution is 2.22. The van der Waals surface area contributed by atoms with E-state index in [0.717, 1.165) is 36.2 Å². The predicted octanol–water partition coefficient (Wildman–Crippen LogP) is 8.91. The highest BCUT2D eigenvalue weighted by atomic mass is 16.6. The smallest absolute Gasteiger partial charge is 0.306 e. The van der Waals surface area contributed by atoms with Crippen LogP contribution in [0.5, 0.6) is 5.75 Å². The minimum Gasteiger partial charge on any atom is -0.487 e. The summed E-state index contributed by atoms with van der Waals surface area (Å²) in [4.78, 5) is 12.4. The van der Waals surface area contributed by atoms with E-state index < -0.39 is 0 Å². The van der Waals surface area contributed by atoms with Crippen molar-refractivity contribution in [3.8, 4) is 5.75 Å². The number of quaternary nitrogens is 1. The van der Waals surface area contributed by atoms with Gasteiger partial charge in [0.1, 0.15) is 25.0 Å². The molecule has 0 heterocycles. The molecule has 0 radical (unpaired) electrons. The molecule has 0 aliphatic heterocycles. The van der Waals surface area contributed by atoms with Gasteiger partial charge >= 0.3 is 5.97 Å². The lowest BCUT2D eigenvalue weighted by Gasteiger charge is -2.29. The highest BCUT2D eigenvalue weighted by molar-refractivity contribution is 5.69. The number of nitrogens with zero attached hydrogens (tertiary/aromatic N) is 1. The zero-order chi connectivity index (χ0) is 28.2. The number of esters is 1. The SMILES string of the molecule is CCCCCCCCCCCCCc1ccccc1OC(C)COC(=O)CCC[N+](C)(C)Cc1ccccc1. The third-order valence-corrected chi connectivity index (χ3v) is 7.43. The molecule has 2 aromatic rings. The molecule has 0 aliphatic rings. The number of carbonyl (C=O) groups excluding carboxylic acids is 1. The molecule has 0 amide bonds. The summed E-state index contributed by atoms with van der Waals surface area (Å²) in [6, 6.07) is 18.8. The molecule has 0 aliphatic carbocycles. The van der Waals surface area contributed by atoms with Crippen molar-refractivity contribution in [2.75, 3.05) is 27.2 Å². The topological polar surface area (TPSA) is 35.5 Å². The monoisotopic (exact) mass is 538 g/mol. The molecule has 2 aromatic carbocycles. The third-order valence-electron chi connectivity index (χ3n) is 7.43. The summed E-state index contributed by atoms with van der Waals surface area (Å²) in [5, 5.41) is 0. The van der Waals surface area contributed by atoms with E-state index in [2.05, 4.69) is 57.4 Å². The third kappa shape index (κ3) is 15.8. The van der Waals surface area contributed by atoms with Gasteiger partial charge in [-0.3, -0.25) is 4.79 Å². The summed E-state index contributed by atoms with van der Waals surface area (Å²) in [6.45, 7) is 6.43. The lowest BCUT2D eigenvalue weighted by molar-refractivity contribution is -0.903. The minimum absolute atomic E-state index is 0.139. The molecule has 0 fully saturated rings. The number of unbranched alkanes of at least 4 members (excludes halogenated alkanes) is 10. The first-order chi connectivity index (χ1) is 18.9. The van der Waals surface area contributed by atoms with Crippen LogP contribution < -0.4 is 4.74 Å². The summed E-state index contributed by atoms with van der Waals surface area (Å²) in [5.41, 5.74) is 2.57. The average molecular weight is 539 g/mol. The van der Waals surface area contributed by atoms with Gasteiger partial charge in [0.15, 0.2) is 0 Å². The predicted molar refractivity (Wildman–Crippen MR) is 164 cm³/mol. The van der Waals surface area contributed by atoms with Gasteiger partial charge in [0.2, 0.25) is 0 Å². The second-order valence-electron chi connectivity index (χ2n) is 11.9. The van der Waals surface area contributed by atoms with Crippen LogP contribution >= 0.6 is 0 Å². The number of aryl methyl sites for hydroxylation is 1. The average Bonchev–Trinajstić information content (AvgIpc) is 2.91. The lowest BCUT2D eigenvalue weighted by Crippen LogP contribution is -2.39. The molecule has 4 nitrogen and oxygen atoms in total. The fourth-order valence-electron chi connectivity index (χ4n) is 5.15. The molecular weight excluding hydrogens is 482 g/mol. The summed E-state index contributed by atoms with van der Waals surface area (Å²) in [6.07, 6.45) is 17.0. The van der Waals surface area contributed by atoms with Gasteiger partial charge in [-0.1, -0.05) is 120 Å². The van der Waals surface area contributed by atoms with Gasteiger partial charge < -0.3 is 14.0 Å². The van der Waals surface area contributed by atoms with Gasteiger partial charge in [0, 0.05) is 12.0 Å². The zero-order valence-corrected chi connectivity index (χ0v) is 25.5. The summed E-state index contributed by atoms with van der Waals surface area (Å²) >= 11 is 0. The molecule has 0 saturated heterocycles. The quantitative estimate of drug-likeness (QED) is 0.0853. The second-order valence-corrected chi connectivity index (χ2v) is 11.9. The van der Waals surface area contributed by atoms with E-state index in [1.54, 1.807) is 0 Å². The number of hydrogen-bond acceptors (Lipinski definition) is 3. The van der Waals surface area contributed by atoms with Crippen LogP contribution in [0, 0.1) is 0 Å². The van der Waals surface area contributed by atoms with Gasteiger partial charge in [-0.05, 0) is 31.4 Å². The molecule has 218 valence electrons. The first-order valence-electron chi connectivity index (χ1n) is 15.7. The van der Waals surface area contributed by atoms with Gasteiger partial charge in [-0.25, -0.2) is 0 Å². The van der Waals surface area contributed by atoms with Crippen molar-refractivity contribution in [3.63, 3.8) is 0 Å². The van der Waals surface area contributed by atoms with E-state index in [-0.39, 0.29) is 18.7 Å². The van der Waals surface area contributed by atoms with Crippen LogP contribution in [0.2, 0.25) is 0 Å². The Morgan fingerprint density at radius 2 is 1.36 bits per heavy atom. The van der Waals surface area contributed by atoms with Crippen LogP contribution in [-0.2, 0) is 22.5 Å². The first kappa shape index (κ1) is 32.9. The van der Waals surface area contributed by atoms with Crippen molar-refractivity contribution in [2.24, 2.45) is 0 Å². The van der Waals surface area contributed by atoms with E-state index in [4.69, 9.17) is 9.47 Å². The van der Waals surface area contributed by atoms with Crippen LogP contribution in [0.25, 0.3) is 0 Å². The van der Waals surface area contributed by atoms with Crippen molar-refractivity contribution < 1.29 is 18.8 Å². The van der Waals surface area contributed by atoms with Gasteiger partial charge in [0.25, 0.3) is 0 Å². The first-order valence-corrected chi connectivity index (χ1v) is 15.7. The molecule has 2 rings (SSSR count). The van der Waals surface area contributed by atoms with Gasteiger partial charge in [-0.15, -0.1) is 0 Å². The number of ether oxygens (including phenoxy) is 2. The van der Waals surface area contributed by atoms with Crippen LogP contribution in [0.4, 0.5) is 0 Å². The maximum absolute atomic E-state index is 12.4. The van der Waals surface area contributed by atoms with E-state index in [0.29, 0.717) is 6.42 Å². The molecule has 4 heteroatoms. The molecule has 39 heavy (non-hydrogen) atoms. The molecular formula is C35H56NO3+. The van der Waals surface area contributed by atoms with Crippen LogP contribution in [0.15, 0.2) is 54.6 Å². The van der Waals surface area contributed by atoms with Crippen LogP contribution in [0.3, 0.4) is 0 Å². The number of hydrogen-bond donors (Lipinski definition) is 0. The van der Waals surface area contributed by atoms with Crippen molar-refractivity contribution in [1.29, 1.82) is 0 Å². The Hall–Kier alpha value is -2.33. The molecule has 1 unspecified atom stereocenters. The highest BCUT2D eigenvalue weighted by Gasteiger charge is 2.17. The fraction of sp³-hybridized carbons (Fsp3) is 0.629. The molecule has 0 saturated carbocycles. The molecule has 0 aromatic heterocycles. The lowest BCUT2D eigenvalue weighted by atomic mass is 10.0. The van der Waals surface area contributed by atoms with Crippen LogP contribution in [-0.4, -0.2) is 43.8 Å². The molecule has 0 N–H and O–H groups in total. The van der Waals surface area contributed by atoms with Gasteiger partial charge in [-0.2, -0.15) is 0 Å². The normalized spacial score (nSPS) is 12.3. The Morgan fingerprint density at radius 1 is 0.769 bits per heavy atom. The molecule has 1 atom stereocenters. The number of rotatable bonds is 22. The van der Waals surface area contributed by atoms with E-state index in [1.807, 2.05) is 25.1 Å². The summed E-state index contributed by atoms with van der Waals surface area (Å²) in [5.74, 6) is 0.785. The fourth-order valence-corrected chi connectivity index (χ4v) is 5.15. The Kier molecular flexibility index (Phi) is 16.6. The Labute approximate surface area is 239 Å². The van der Waals surface area contributed by atoms with E-state index >= 15 is 0 Å². The number of para-hydroxylation sites is 1. The Bertz CT molecular complexity index is 896. The van der Waals surface area contributed by atoms with Crippen molar-refractivity contribution in [2.45, 2.75) is 116 Å². The maximum atomic E-state index is 12.4. The summed E-state index contributed by atoms with van der Waals surface area (Å²) < 4.78 is 12.6. The summed E-state index contributed by atoms with van der Waals surface area (Å²) in [7, 11) is 4.42. The number of benzene rings is 2. The van der Waals surface area contributed by atoms with Gasteiger partial charge in [0.05, 0.1) is 27.1 Å².